The molecule has 3 amide bonds. The predicted octanol–water partition coefficient (Wildman–Crippen LogP) is 5.67. The maximum Gasteiger partial charge on any atom is 0.416 e. The Bertz CT molecular complexity index is 1540. The number of hydrogen-bond donors (Lipinski definition) is 2. The lowest BCUT2D eigenvalue weighted by molar-refractivity contribution is -0.137. The van der Waals surface area contributed by atoms with Crippen LogP contribution >= 0.6 is 11.6 Å². The molecule has 0 saturated carbocycles. The fraction of sp³-hybridized carbons (Fsp3) is 0.160. The number of anilines is 1. The van der Waals surface area contributed by atoms with Crippen molar-refractivity contribution in [3.05, 3.63) is 92.5 Å². The van der Waals surface area contributed by atoms with E-state index in [1.165, 1.54) is 24.1 Å². The van der Waals surface area contributed by atoms with E-state index in [4.69, 9.17) is 16.3 Å². The molecule has 196 valence electrons. The quantitative estimate of drug-likeness (QED) is 0.411. The second-order valence-electron chi connectivity index (χ2n) is 8.68. The number of halogens is 6. The molecule has 2 N–H and O–H groups in total. The average molecular weight is 552 g/mol. The SMILES string of the molecule is CN1Cc2cc(NC(=O)c3cc(F)cc(C(F)(F)F)c3)c3c(c2OC1=O)C(=O)NC3c1cc(F)ccc1Cl. The van der Waals surface area contributed by atoms with Crippen molar-refractivity contribution in [3.63, 3.8) is 0 Å². The molecule has 0 bridgehead atoms. The third-order valence-electron chi connectivity index (χ3n) is 6.10. The number of nitrogens with zero attached hydrogens (tertiary/aromatic N) is 1. The lowest BCUT2D eigenvalue weighted by atomic mass is 9.93. The van der Waals surface area contributed by atoms with E-state index in [0.717, 1.165) is 12.1 Å². The van der Waals surface area contributed by atoms with E-state index in [1.54, 1.807) is 0 Å². The number of ether oxygens (including phenoxy) is 1. The molecule has 0 saturated heterocycles. The Morgan fingerprint density at radius 1 is 1.11 bits per heavy atom. The summed E-state index contributed by atoms with van der Waals surface area (Å²) >= 11 is 6.26. The summed E-state index contributed by atoms with van der Waals surface area (Å²) in [7, 11) is 1.43. The first-order chi connectivity index (χ1) is 17.8. The summed E-state index contributed by atoms with van der Waals surface area (Å²) in [6.07, 6.45) is -5.66. The predicted molar refractivity (Wildman–Crippen MR) is 124 cm³/mol. The third kappa shape index (κ3) is 4.40. The van der Waals surface area contributed by atoms with Crippen molar-refractivity contribution in [2.75, 3.05) is 12.4 Å². The maximum atomic E-state index is 14.1. The van der Waals surface area contributed by atoms with Gasteiger partial charge < -0.3 is 20.3 Å². The second-order valence-corrected chi connectivity index (χ2v) is 9.09. The summed E-state index contributed by atoms with van der Waals surface area (Å²) in [6, 6.07) is 5.03. The van der Waals surface area contributed by atoms with Crippen LogP contribution < -0.4 is 15.4 Å². The van der Waals surface area contributed by atoms with Crippen LogP contribution in [0.1, 0.15) is 49.0 Å². The number of alkyl halides is 3. The van der Waals surface area contributed by atoms with Crippen molar-refractivity contribution >= 4 is 35.2 Å². The Morgan fingerprint density at radius 3 is 2.55 bits per heavy atom. The van der Waals surface area contributed by atoms with E-state index in [2.05, 4.69) is 10.6 Å². The number of nitrogens with one attached hydrogen (secondary N) is 2. The van der Waals surface area contributed by atoms with Gasteiger partial charge >= 0.3 is 12.3 Å². The summed E-state index contributed by atoms with van der Waals surface area (Å²) in [5.41, 5.74) is -1.75. The van der Waals surface area contributed by atoms with Crippen LogP contribution in [-0.4, -0.2) is 29.9 Å². The van der Waals surface area contributed by atoms with E-state index < -0.39 is 52.9 Å². The van der Waals surface area contributed by atoms with Gasteiger partial charge in [-0.2, -0.15) is 13.2 Å². The molecule has 2 aliphatic rings. The molecule has 2 aliphatic heterocycles. The van der Waals surface area contributed by atoms with E-state index >= 15 is 0 Å². The van der Waals surface area contributed by atoms with Crippen molar-refractivity contribution in [1.82, 2.24) is 10.2 Å². The van der Waals surface area contributed by atoms with Crippen molar-refractivity contribution in [1.29, 1.82) is 0 Å². The van der Waals surface area contributed by atoms with Gasteiger partial charge in [-0.05, 0) is 42.5 Å². The second kappa shape index (κ2) is 8.98. The van der Waals surface area contributed by atoms with Crippen LogP contribution in [0.5, 0.6) is 5.75 Å². The minimum atomic E-state index is -4.91. The number of carbonyl (C=O) groups excluding carboxylic acids is 3. The zero-order valence-electron chi connectivity index (χ0n) is 19.2. The summed E-state index contributed by atoms with van der Waals surface area (Å²) < 4.78 is 73.0. The molecule has 1 unspecified atom stereocenters. The summed E-state index contributed by atoms with van der Waals surface area (Å²) in [5, 5.41) is 5.12. The third-order valence-corrected chi connectivity index (χ3v) is 6.45. The van der Waals surface area contributed by atoms with Gasteiger partial charge in [0.2, 0.25) is 0 Å². The summed E-state index contributed by atoms with van der Waals surface area (Å²) in [6.45, 7) is -0.0266. The molecule has 38 heavy (non-hydrogen) atoms. The molecule has 0 aromatic heterocycles. The topological polar surface area (TPSA) is 87.7 Å². The number of rotatable bonds is 3. The van der Waals surface area contributed by atoms with Crippen LogP contribution in [0, 0.1) is 11.6 Å². The first-order valence-electron chi connectivity index (χ1n) is 10.9. The number of carbonyl (C=O) groups is 3. The van der Waals surface area contributed by atoms with Gasteiger partial charge in [0.05, 0.1) is 23.7 Å². The van der Waals surface area contributed by atoms with Crippen molar-refractivity contribution in [2.45, 2.75) is 18.8 Å². The van der Waals surface area contributed by atoms with Gasteiger partial charge in [0.15, 0.2) is 5.75 Å². The summed E-state index contributed by atoms with van der Waals surface area (Å²) in [4.78, 5) is 39.5. The largest absolute Gasteiger partial charge is 0.416 e. The highest BCUT2D eigenvalue weighted by Gasteiger charge is 2.41. The highest BCUT2D eigenvalue weighted by molar-refractivity contribution is 6.31. The van der Waals surface area contributed by atoms with E-state index in [1.807, 2.05) is 0 Å². The number of fused-ring (bicyclic) bond motifs is 3. The van der Waals surface area contributed by atoms with Gasteiger partial charge in [-0.25, -0.2) is 13.6 Å². The molecule has 0 fully saturated rings. The van der Waals surface area contributed by atoms with Gasteiger partial charge in [0.25, 0.3) is 11.8 Å². The number of benzene rings is 3. The average Bonchev–Trinajstić information content (AvgIpc) is 3.18. The van der Waals surface area contributed by atoms with Gasteiger partial charge in [-0.15, -0.1) is 0 Å². The molecule has 0 spiro atoms. The normalized spacial score (nSPS) is 16.5. The fourth-order valence-electron chi connectivity index (χ4n) is 4.41. The minimum absolute atomic E-state index is 0.0266. The van der Waals surface area contributed by atoms with Crippen LogP contribution in [0.25, 0.3) is 0 Å². The van der Waals surface area contributed by atoms with Crippen LogP contribution in [-0.2, 0) is 12.7 Å². The number of amides is 3. The molecule has 5 rings (SSSR count). The zero-order chi connectivity index (χ0) is 27.5. The van der Waals surface area contributed by atoms with Gasteiger partial charge in [0.1, 0.15) is 11.6 Å². The van der Waals surface area contributed by atoms with Gasteiger partial charge in [0, 0.05) is 40.0 Å². The Morgan fingerprint density at radius 2 is 1.84 bits per heavy atom. The Kier molecular flexibility index (Phi) is 6.02. The molecule has 2 heterocycles. The molecule has 1 atom stereocenters. The van der Waals surface area contributed by atoms with Crippen LogP contribution in [0.3, 0.4) is 0 Å². The van der Waals surface area contributed by atoms with Gasteiger partial charge in [-0.1, -0.05) is 11.6 Å². The van der Waals surface area contributed by atoms with Crippen molar-refractivity contribution < 1.29 is 41.1 Å². The number of hydrogen-bond acceptors (Lipinski definition) is 4. The monoisotopic (exact) mass is 551 g/mol. The van der Waals surface area contributed by atoms with Crippen molar-refractivity contribution in [3.8, 4) is 5.75 Å². The lowest BCUT2D eigenvalue weighted by Gasteiger charge is -2.27. The van der Waals surface area contributed by atoms with Crippen molar-refractivity contribution in [2.24, 2.45) is 0 Å². The first-order valence-corrected chi connectivity index (χ1v) is 11.3. The Balaban J connectivity index is 1.67. The molecule has 3 aromatic carbocycles. The lowest BCUT2D eigenvalue weighted by Crippen LogP contribution is -2.34. The molecule has 3 aromatic rings. The molecule has 7 nitrogen and oxygen atoms in total. The molecule has 0 aliphatic carbocycles. The van der Waals surface area contributed by atoms with E-state index in [0.29, 0.717) is 17.7 Å². The maximum absolute atomic E-state index is 14.1. The highest BCUT2D eigenvalue weighted by atomic mass is 35.5. The molecular weight excluding hydrogens is 537 g/mol. The van der Waals surface area contributed by atoms with E-state index in [-0.39, 0.29) is 45.8 Å². The smallest absolute Gasteiger partial charge is 0.409 e. The van der Waals surface area contributed by atoms with E-state index in [9.17, 15) is 36.3 Å². The van der Waals surface area contributed by atoms with Crippen LogP contribution in [0.15, 0.2) is 42.5 Å². The Hall–Kier alpha value is -4.19. The van der Waals surface area contributed by atoms with Gasteiger partial charge in [-0.3, -0.25) is 9.59 Å². The standard InChI is InChI=1S/C25H15ClF5N3O4/c1-34-9-11-6-17(32-22(35)10-4-12(25(29,30)31)7-14(28)5-10)18-19(21(11)38-24(34)37)23(36)33-20(18)15-8-13(27)2-3-16(15)26/h2-8,20H,9H2,1H3,(H,32,35)(H,33,36). The zero-order valence-corrected chi connectivity index (χ0v) is 19.9. The highest BCUT2D eigenvalue weighted by Crippen LogP contribution is 2.46. The van der Waals surface area contributed by atoms with Crippen LogP contribution in [0.2, 0.25) is 5.02 Å². The fourth-order valence-corrected chi connectivity index (χ4v) is 4.63. The molecule has 13 heteroatoms. The minimum Gasteiger partial charge on any atom is -0.409 e. The first kappa shape index (κ1) is 25.5. The van der Waals surface area contributed by atoms with Crippen LogP contribution in [0.4, 0.5) is 32.4 Å². The summed E-state index contributed by atoms with van der Waals surface area (Å²) in [5.74, 6) is -3.88. The molecular formula is C25H15ClF5N3O4. The molecule has 0 radical (unpaired) electrons. The Labute approximate surface area is 216 Å².